The molecular weight excluding hydrogens is 708 g/mol. The van der Waals surface area contributed by atoms with Gasteiger partial charge in [0, 0.05) is 24.0 Å². The highest BCUT2D eigenvalue weighted by Crippen LogP contribution is 2.40. The van der Waals surface area contributed by atoms with Crippen molar-refractivity contribution in [2.24, 2.45) is 17.6 Å². The molecule has 10 nitrogen and oxygen atoms in total. The van der Waals surface area contributed by atoms with E-state index in [0.717, 1.165) is 18.9 Å². The Morgan fingerprint density at radius 1 is 0.926 bits per heavy atom. The lowest BCUT2D eigenvalue weighted by atomic mass is 9.83. The van der Waals surface area contributed by atoms with Gasteiger partial charge in [0.2, 0.25) is 12.7 Å². The first kappa shape index (κ1) is 40.2. The number of alkyl halides is 3. The molecule has 0 aromatic heterocycles. The number of piperidine rings is 1. The van der Waals surface area contributed by atoms with Gasteiger partial charge in [-0.1, -0.05) is 57.0 Å². The Labute approximate surface area is 312 Å². The van der Waals surface area contributed by atoms with E-state index in [2.05, 4.69) is 5.32 Å². The van der Waals surface area contributed by atoms with Crippen LogP contribution < -0.4 is 16.0 Å². The standard InChI is InChI=1S/C40H46F4N4O6/c1-23(2)34(45)38(51)53-22-54-39(52)48(28-10-5-6-11-28)29-18-15-26(16-19-29)35-30(36(49)46-27-17-14-24(3)31(21-27)40(42,43)44)12-8-20-47(35)37(50)33-25(4)9-7-13-32(33)41/h7,9,13-19,21,23,28,30,34-35H,5-6,8,10-12,20,22,45H2,1-4H3,(H,46,49)/t30-,34-,35-/m0/s1. The zero-order chi connectivity index (χ0) is 39.3. The van der Waals surface area contributed by atoms with Crippen LogP contribution >= 0.6 is 0 Å². The summed E-state index contributed by atoms with van der Waals surface area (Å²) in [6.07, 6.45) is -1.51. The van der Waals surface area contributed by atoms with E-state index in [-0.39, 0.29) is 41.7 Å². The second-order valence-corrected chi connectivity index (χ2v) is 14.3. The number of benzene rings is 3. The van der Waals surface area contributed by atoms with Gasteiger partial charge in [-0.25, -0.2) is 9.18 Å². The van der Waals surface area contributed by atoms with Crippen LogP contribution in [0.4, 0.5) is 33.7 Å². The molecule has 3 N–H and O–H groups in total. The number of esters is 1. The maximum Gasteiger partial charge on any atom is 0.417 e. The van der Waals surface area contributed by atoms with Crippen LogP contribution in [0.15, 0.2) is 60.7 Å². The molecule has 54 heavy (non-hydrogen) atoms. The fourth-order valence-corrected chi connectivity index (χ4v) is 7.23. The molecule has 1 aliphatic carbocycles. The van der Waals surface area contributed by atoms with E-state index in [1.54, 1.807) is 51.1 Å². The number of anilines is 2. The van der Waals surface area contributed by atoms with E-state index in [4.69, 9.17) is 15.2 Å². The third-order valence-corrected chi connectivity index (χ3v) is 10.2. The maximum absolute atomic E-state index is 15.2. The van der Waals surface area contributed by atoms with Gasteiger partial charge in [-0.3, -0.25) is 19.3 Å². The molecule has 1 saturated heterocycles. The smallest absolute Gasteiger partial charge is 0.417 e. The zero-order valence-corrected chi connectivity index (χ0v) is 30.8. The van der Waals surface area contributed by atoms with E-state index in [1.165, 1.54) is 41.0 Å². The molecule has 2 fully saturated rings. The van der Waals surface area contributed by atoms with Crippen LogP contribution in [0.5, 0.6) is 0 Å². The highest BCUT2D eigenvalue weighted by molar-refractivity contribution is 5.98. The van der Waals surface area contributed by atoms with E-state index >= 15 is 4.39 Å². The quantitative estimate of drug-likeness (QED) is 0.122. The summed E-state index contributed by atoms with van der Waals surface area (Å²) < 4.78 is 66.7. The summed E-state index contributed by atoms with van der Waals surface area (Å²) in [5.41, 5.74) is 6.12. The van der Waals surface area contributed by atoms with Gasteiger partial charge in [0.15, 0.2) is 0 Å². The van der Waals surface area contributed by atoms with E-state index in [1.807, 2.05) is 0 Å². The Bertz CT molecular complexity index is 1820. The molecule has 2 aliphatic rings. The number of nitrogens with one attached hydrogen (secondary N) is 1. The molecule has 3 aromatic rings. The molecular formula is C40H46F4N4O6. The number of nitrogens with zero attached hydrogens (tertiary/aromatic N) is 2. The van der Waals surface area contributed by atoms with Crippen molar-refractivity contribution in [2.45, 2.75) is 90.5 Å². The minimum atomic E-state index is -4.63. The van der Waals surface area contributed by atoms with Crippen LogP contribution in [0.3, 0.4) is 0 Å². The van der Waals surface area contributed by atoms with E-state index in [0.29, 0.717) is 36.1 Å². The van der Waals surface area contributed by atoms with Gasteiger partial charge < -0.3 is 25.4 Å². The van der Waals surface area contributed by atoms with Crippen LogP contribution in [0.25, 0.3) is 0 Å². The molecule has 14 heteroatoms. The maximum atomic E-state index is 15.2. The minimum absolute atomic E-state index is 0.0000282. The average Bonchev–Trinajstić information content (AvgIpc) is 3.66. The summed E-state index contributed by atoms with van der Waals surface area (Å²) in [7, 11) is 0. The number of carbonyl (C=O) groups excluding carboxylic acids is 4. The summed E-state index contributed by atoms with van der Waals surface area (Å²) in [6, 6.07) is 12.5. The van der Waals surface area contributed by atoms with Gasteiger partial charge in [-0.05, 0) is 92.5 Å². The van der Waals surface area contributed by atoms with Crippen molar-refractivity contribution in [3.8, 4) is 0 Å². The fraction of sp³-hybridized carbons (Fsp3) is 0.450. The number of halogens is 4. The number of amides is 3. The van der Waals surface area contributed by atoms with Crippen LogP contribution in [0.2, 0.25) is 0 Å². The lowest BCUT2D eigenvalue weighted by molar-refractivity contribution is -0.154. The minimum Gasteiger partial charge on any atom is -0.427 e. The molecule has 3 atom stereocenters. The Morgan fingerprint density at radius 3 is 2.24 bits per heavy atom. The molecule has 0 radical (unpaired) electrons. The fourth-order valence-electron chi connectivity index (χ4n) is 7.23. The second-order valence-electron chi connectivity index (χ2n) is 14.3. The number of hydrogen-bond donors (Lipinski definition) is 2. The number of aryl methyl sites for hydroxylation is 2. The molecule has 0 spiro atoms. The first-order chi connectivity index (χ1) is 25.6. The predicted octanol–water partition coefficient (Wildman–Crippen LogP) is 8.06. The number of ether oxygens (including phenoxy) is 2. The molecule has 1 heterocycles. The summed E-state index contributed by atoms with van der Waals surface area (Å²) in [5, 5.41) is 2.63. The summed E-state index contributed by atoms with van der Waals surface area (Å²) in [4.78, 5) is 56.7. The third kappa shape index (κ3) is 9.03. The van der Waals surface area contributed by atoms with Gasteiger partial charge in [0.25, 0.3) is 5.91 Å². The Hall–Kier alpha value is -4.98. The molecule has 290 valence electrons. The van der Waals surface area contributed by atoms with Gasteiger partial charge in [0.05, 0.1) is 23.1 Å². The summed E-state index contributed by atoms with van der Waals surface area (Å²) in [6.45, 7) is 6.02. The van der Waals surface area contributed by atoms with E-state index < -0.39 is 66.2 Å². The molecule has 5 rings (SSSR count). The Balaban J connectivity index is 1.47. The molecule has 0 bridgehead atoms. The van der Waals surface area contributed by atoms with Crippen LogP contribution in [0.1, 0.15) is 91.0 Å². The Kier molecular flexibility index (Phi) is 12.7. The summed E-state index contributed by atoms with van der Waals surface area (Å²) in [5.74, 6) is -3.76. The first-order valence-corrected chi connectivity index (χ1v) is 18.1. The number of rotatable bonds is 10. The van der Waals surface area contributed by atoms with Crippen LogP contribution in [0, 0.1) is 31.5 Å². The SMILES string of the molecule is Cc1ccc(NC(=O)[C@H]2CCCN(C(=O)c3c(C)cccc3F)[C@H]2c2ccc(N(C(=O)OCOC(=O)[C@@H](N)C(C)C)C3CCCC3)cc2)cc1C(F)(F)F. The van der Waals surface area contributed by atoms with E-state index in [9.17, 15) is 32.3 Å². The molecule has 3 aromatic carbocycles. The predicted molar refractivity (Wildman–Crippen MR) is 194 cm³/mol. The highest BCUT2D eigenvalue weighted by Gasteiger charge is 2.41. The summed E-state index contributed by atoms with van der Waals surface area (Å²) >= 11 is 0. The first-order valence-electron chi connectivity index (χ1n) is 18.1. The normalized spacial score (nSPS) is 18.3. The van der Waals surface area contributed by atoms with Crippen molar-refractivity contribution in [2.75, 3.05) is 23.6 Å². The lowest BCUT2D eigenvalue weighted by Crippen LogP contribution is -2.47. The van der Waals surface area contributed by atoms with Crippen molar-refractivity contribution in [1.82, 2.24) is 4.90 Å². The average molecular weight is 755 g/mol. The van der Waals surface area contributed by atoms with Crippen LogP contribution in [-0.2, 0) is 25.2 Å². The Morgan fingerprint density at radius 2 is 1.61 bits per heavy atom. The zero-order valence-electron chi connectivity index (χ0n) is 30.8. The van der Waals surface area contributed by atoms with Crippen molar-refractivity contribution in [3.63, 3.8) is 0 Å². The van der Waals surface area contributed by atoms with Gasteiger partial charge in [-0.15, -0.1) is 0 Å². The lowest BCUT2D eigenvalue weighted by Gasteiger charge is -2.41. The monoisotopic (exact) mass is 754 g/mol. The topological polar surface area (TPSA) is 131 Å². The number of carbonyl (C=O) groups is 4. The van der Waals surface area contributed by atoms with Crippen LogP contribution in [-0.4, -0.2) is 54.2 Å². The van der Waals surface area contributed by atoms with Gasteiger partial charge in [0.1, 0.15) is 11.9 Å². The third-order valence-electron chi connectivity index (χ3n) is 10.2. The number of hydrogen-bond acceptors (Lipinski definition) is 7. The molecule has 1 aliphatic heterocycles. The van der Waals surface area contributed by atoms with Gasteiger partial charge in [-0.2, -0.15) is 13.2 Å². The largest absolute Gasteiger partial charge is 0.427 e. The second kappa shape index (κ2) is 17.0. The molecule has 1 saturated carbocycles. The number of nitrogens with two attached hydrogens (primary N) is 1. The van der Waals surface area contributed by atoms with Gasteiger partial charge >= 0.3 is 18.2 Å². The number of likely N-dealkylation sites (tertiary alicyclic amines) is 1. The van der Waals surface area contributed by atoms with Crippen molar-refractivity contribution in [1.29, 1.82) is 0 Å². The highest BCUT2D eigenvalue weighted by atomic mass is 19.4. The van der Waals surface area contributed by atoms with Crippen molar-refractivity contribution < 1.29 is 46.2 Å². The van der Waals surface area contributed by atoms with Crippen molar-refractivity contribution in [3.05, 3.63) is 94.3 Å². The van der Waals surface area contributed by atoms with Crippen molar-refractivity contribution >= 4 is 35.3 Å². The molecule has 3 amide bonds. The molecule has 0 unspecified atom stereocenters.